The molecule has 0 aromatic heterocycles. The van der Waals surface area contributed by atoms with Gasteiger partial charge in [0.05, 0.1) is 12.6 Å². The Kier molecular flexibility index (Phi) is 5.41. The molecule has 1 N–H and O–H groups in total. The van der Waals surface area contributed by atoms with Gasteiger partial charge >= 0.3 is 0 Å². The number of rotatable bonds is 4. The van der Waals surface area contributed by atoms with E-state index in [9.17, 15) is 0 Å². The third kappa shape index (κ3) is 5.07. The van der Waals surface area contributed by atoms with Crippen LogP contribution in [0, 0.1) is 11.3 Å². The van der Waals surface area contributed by atoms with Crippen LogP contribution in [0.4, 0.5) is 0 Å². The Bertz CT molecular complexity index is 163. The Labute approximate surface area is 61.9 Å². The van der Waals surface area contributed by atoms with Crippen molar-refractivity contribution in [2.45, 2.75) is 6.92 Å². The van der Waals surface area contributed by atoms with Gasteiger partial charge in [0.25, 0.3) is 0 Å². The van der Waals surface area contributed by atoms with Crippen molar-refractivity contribution in [1.29, 1.82) is 5.26 Å². The Balaban J connectivity index is 3.33. The molecule has 0 spiro atoms. The Hall–Kier alpha value is -1.07. The molecule has 10 heavy (non-hydrogen) atoms. The van der Waals surface area contributed by atoms with Gasteiger partial charge in [0.2, 0.25) is 0 Å². The minimum Gasteiger partial charge on any atom is -0.300 e. The number of nitriles is 1. The fourth-order valence-electron chi connectivity index (χ4n) is 0.574. The number of hydrogen-bond acceptors (Lipinski definition) is 2. The van der Waals surface area contributed by atoms with Gasteiger partial charge in [-0.1, -0.05) is 18.7 Å². The van der Waals surface area contributed by atoms with Crippen LogP contribution in [-0.4, -0.2) is 13.1 Å². The van der Waals surface area contributed by atoms with Crippen LogP contribution in [0.1, 0.15) is 6.92 Å². The second-order valence-electron chi connectivity index (χ2n) is 1.92. The van der Waals surface area contributed by atoms with Crippen molar-refractivity contribution < 1.29 is 0 Å². The van der Waals surface area contributed by atoms with Crippen LogP contribution in [-0.2, 0) is 0 Å². The molecule has 2 nitrogen and oxygen atoms in total. The van der Waals surface area contributed by atoms with Gasteiger partial charge in [-0.15, -0.1) is 0 Å². The highest BCUT2D eigenvalue weighted by Crippen LogP contribution is 1.88. The first-order valence-electron chi connectivity index (χ1n) is 3.19. The molecule has 0 aromatic rings. The molecule has 0 unspecified atom stereocenters. The van der Waals surface area contributed by atoms with E-state index in [0.717, 1.165) is 5.57 Å². The van der Waals surface area contributed by atoms with Crippen LogP contribution in [0.5, 0.6) is 0 Å². The van der Waals surface area contributed by atoms with Crippen molar-refractivity contribution >= 4 is 0 Å². The zero-order valence-electron chi connectivity index (χ0n) is 6.22. The lowest BCUT2D eigenvalue weighted by Gasteiger charge is -1.97. The summed E-state index contributed by atoms with van der Waals surface area (Å²) in [6.45, 7) is 6.78. The van der Waals surface area contributed by atoms with Crippen molar-refractivity contribution in [3.05, 3.63) is 24.3 Å². The molecule has 0 fully saturated rings. The average molecular weight is 136 g/mol. The first-order chi connectivity index (χ1) is 4.81. The van der Waals surface area contributed by atoms with Gasteiger partial charge in [-0.25, -0.2) is 0 Å². The number of nitrogens with zero attached hydrogens (tertiary/aromatic N) is 1. The van der Waals surface area contributed by atoms with Gasteiger partial charge in [-0.2, -0.15) is 5.26 Å². The molecule has 0 aliphatic heterocycles. The predicted octanol–water partition coefficient (Wildman–Crippen LogP) is 1.23. The Morgan fingerprint density at radius 3 is 3.00 bits per heavy atom. The van der Waals surface area contributed by atoms with E-state index in [-0.39, 0.29) is 0 Å². The highest BCUT2D eigenvalue weighted by molar-refractivity contribution is 5.15. The lowest BCUT2D eigenvalue weighted by molar-refractivity contribution is 0.833. The summed E-state index contributed by atoms with van der Waals surface area (Å²) in [7, 11) is 0. The predicted molar refractivity (Wildman–Crippen MR) is 42.4 cm³/mol. The Morgan fingerprint density at radius 1 is 1.80 bits per heavy atom. The van der Waals surface area contributed by atoms with Gasteiger partial charge < -0.3 is 5.32 Å². The zero-order valence-corrected chi connectivity index (χ0v) is 6.22. The third-order valence-corrected chi connectivity index (χ3v) is 0.958. The van der Waals surface area contributed by atoms with Crippen molar-refractivity contribution in [2.24, 2.45) is 0 Å². The lowest BCUT2D eigenvalue weighted by Crippen LogP contribution is -2.15. The summed E-state index contributed by atoms with van der Waals surface area (Å²) >= 11 is 0. The summed E-state index contributed by atoms with van der Waals surface area (Å²) in [5.74, 6) is 0. The molecule has 0 aliphatic rings. The largest absolute Gasteiger partial charge is 0.300 e. The molecule has 54 valence electrons. The van der Waals surface area contributed by atoms with Crippen LogP contribution >= 0.6 is 0 Å². The lowest BCUT2D eigenvalue weighted by atomic mass is 10.3. The quantitative estimate of drug-likeness (QED) is 0.358. The van der Waals surface area contributed by atoms with Gasteiger partial charge in [-0.3, -0.25) is 0 Å². The van der Waals surface area contributed by atoms with Gasteiger partial charge in [0.1, 0.15) is 0 Å². The summed E-state index contributed by atoms with van der Waals surface area (Å²) < 4.78 is 0. The molecule has 0 saturated carbocycles. The molecule has 0 heterocycles. The van der Waals surface area contributed by atoms with Crippen LogP contribution < -0.4 is 5.32 Å². The van der Waals surface area contributed by atoms with Crippen molar-refractivity contribution in [2.75, 3.05) is 13.1 Å². The van der Waals surface area contributed by atoms with E-state index in [2.05, 4.69) is 11.9 Å². The summed E-state index contributed by atoms with van der Waals surface area (Å²) in [5.41, 5.74) is 0.998. The first-order valence-corrected chi connectivity index (χ1v) is 3.19. The highest BCUT2D eigenvalue weighted by Gasteiger charge is 1.85. The van der Waals surface area contributed by atoms with E-state index in [1.807, 2.05) is 25.1 Å². The number of nitrogens with one attached hydrogen (secondary N) is 1. The summed E-state index contributed by atoms with van der Waals surface area (Å²) in [4.78, 5) is 0. The standard InChI is InChI=1S/C8H12N2/c1-3-4-8(2)7-10-6-5-9/h3-4,10H,2,6-7H2,1H3/b4-3-. The van der Waals surface area contributed by atoms with Crippen LogP contribution in [0.2, 0.25) is 0 Å². The molecule has 0 rings (SSSR count). The Morgan fingerprint density at radius 2 is 2.50 bits per heavy atom. The van der Waals surface area contributed by atoms with Crippen molar-refractivity contribution in [3.63, 3.8) is 0 Å². The van der Waals surface area contributed by atoms with E-state index < -0.39 is 0 Å². The second kappa shape index (κ2) is 6.06. The molecule has 0 aromatic carbocycles. The highest BCUT2D eigenvalue weighted by atomic mass is 14.8. The zero-order chi connectivity index (χ0) is 7.82. The molecule has 2 heteroatoms. The maximum atomic E-state index is 8.15. The van der Waals surface area contributed by atoms with Crippen LogP contribution in [0.3, 0.4) is 0 Å². The summed E-state index contributed by atoms with van der Waals surface area (Å²) in [5, 5.41) is 11.1. The summed E-state index contributed by atoms with van der Waals surface area (Å²) in [6, 6.07) is 1.99. The van der Waals surface area contributed by atoms with E-state index in [1.54, 1.807) is 0 Å². The van der Waals surface area contributed by atoms with Crippen molar-refractivity contribution in [1.82, 2.24) is 5.32 Å². The minimum absolute atomic E-state index is 0.385. The maximum absolute atomic E-state index is 8.15. The average Bonchev–Trinajstić information content (AvgIpc) is 1.89. The number of allylic oxidation sites excluding steroid dienone is 1. The molecular formula is C8H12N2. The van der Waals surface area contributed by atoms with E-state index in [1.165, 1.54) is 0 Å². The topological polar surface area (TPSA) is 35.8 Å². The molecule has 0 saturated heterocycles. The minimum atomic E-state index is 0.385. The molecule has 0 amide bonds. The first kappa shape index (κ1) is 8.93. The van der Waals surface area contributed by atoms with Crippen LogP contribution in [0.15, 0.2) is 24.3 Å². The van der Waals surface area contributed by atoms with E-state index in [0.29, 0.717) is 13.1 Å². The normalized spacial score (nSPS) is 9.60. The van der Waals surface area contributed by atoms with Crippen molar-refractivity contribution in [3.8, 4) is 6.07 Å². The van der Waals surface area contributed by atoms with E-state index in [4.69, 9.17) is 5.26 Å². The maximum Gasteiger partial charge on any atom is 0.0843 e. The summed E-state index contributed by atoms with van der Waals surface area (Å²) in [6.07, 6.45) is 3.85. The van der Waals surface area contributed by atoms with Gasteiger partial charge in [-0.05, 0) is 12.5 Å². The third-order valence-electron chi connectivity index (χ3n) is 0.958. The molecule has 0 atom stereocenters. The monoisotopic (exact) mass is 136 g/mol. The second-order valence-corrected chi connectivity index (χ2v) is 1.92. The molecule has 0 aliphatic carbocycles. The van der Waals surface area contributed by atoms with Crippen LogP contribution in [0.25, 0.3) is 0 Å². The smallest absolute Gasteiger partial charge is 0.0843 e. The molecular weight excluding hydrogens is 124 g/mol. The van der Waals surface area contributed by atoms with E-state index >= 15 is 0 Å². The number of hydrogen-bond donors (Lipinski definition) is 1. The molecule has 0 radical (unpaired) electrons. The van der Waals surface area contributed by atoms with Gasteiger partial charge in [0, 0.05) is 6.54 Å². The molecule has 0 bridgehead atoms. The fourth-order valence-corrected chi connectivity index (χ4v) is 0.574. The van der Waals surface area contributed by atoms with Gasteiger partial charge in [0.15, 0.2) is 0 Å². The SMILES string of the molecule is C=C(/C=C\C)CNCC#N. The fraction of sp³-hybridized carbons (Fsp3) is 0.375.